The molecule has 0 amide bonds. The second-order valence-electron chi connectivity index (χ2n) is 6.05. The van der Waals surface area contributed by atoms with E-state index in [-0.39, 0.29) is 0 Å². The lowest BCUT2D eigenvalue weighted by atomic mass is 9.84. The molecule has 1 aromatic rings. The predicted molar refractivity (Wildman–Crippen MR) is 80.0 cm³/mol. The number of hydrogen-bond donors (Lipinski definition) is 1. The van der Waals surface area contributed by atoms with Gasteiger partial charge in [-0.2, -0.15) is 0 Å². The summed E-state index contributed by atoms with van der Waals surface area (Å²) in [5.74, 6) is 1.53. The Kier molecular flexibility index (Phi) is 4.36. The van der Waals surface area contributed by atoms with Crippen molar-refractivity contribution in [2.75, 3.05) is 25.0 Å². The van der Waals surface area contributed by atoms with Crippen LogP contribution in [0.25, 0.3) is 0 Å². The van der Waals surface area contributed by atoms with Gasteiger partial charge in [-0.25, -0.2) is 4.98 Å². The maximum atomic E-state index is 5.85. The zero-order valence-corrected chi connectivity index (χ0v) is 12.7. The molecule has 110 valence electrons. The highest BCUT2D eigenvalue weighted by Gasteiger charge is 2.25. The zero-order chi connectivity index (χ0) is 13.9. The fourth-order valence-corrected chi connectivity index (χ4v) is 3.09. The van der Waals surface area contributed by atoms with E-state index in [4.69, 9.17) is 11.6 Å². The van der Waals surface area contributed by atoms with Crippen LogP contribution in [0.15, 0.2) is 0 Å². The minimum atomic E-state index is 0.380. The van der Waals surface area contributed by atoms with Crippen LogP contribution in [0.1, 0.15) is 37.8 Å². The summed E-state index contributed by atoms with van der Waals surface area (Å²) in [5, 5.41) is 11.7. The summed E-state index contributed by atoms with van der Waals surface area (Å²) in [6.07, 6.45) is 6.66. The lowest BCUT2D eigenvalue weighted by molar-refractivity contribution is 0.148. The lowest BCUT2D eigenvalue weighted by Crippen LogP contribution is -2.45. The van der Waals surface area contributed by atoms with Gasteiger partial charge in [-0.1, -0.05) is 18.0 Å². The van der Waals surface area contributed by atoms with Gasteiger partial charge in [-0.3, -0.25) is 0 Å². The van der Waals surface area contributed by atoms with E-state index in [1.54, 1.807) is 0 Å². The highest BCUT2D eigenvalue weighted by molar-refractivity contribution is 6.29. The van der Waals surface area contributed by atoms with Crippen LogP contribution in [0, 0.1) is 12.8 Å². The van der Waals surface area contributed by atoms with E-state index >= 15 is 0 Å². The SMILES string of the molecule is Cc1nc(N[C@@H]2CCCN(CC3CCC3)C2)nnc1Cl. The number of hydrogen-bond acceptors (Lipinski definition) is 5. The fourth-order valence-electron chi connectivity index (χ4n) is 3.01. The first kappa shape index (κ1) is 14.0. The van der Waals surface area contributed by atoms with Crippen LogP contribution in [0.4, 0.5) is 5.95 Å². The Morgan fingerprint density at radius 2 is 2.10 bits per heavy atom. The van der Waals surface area contributed by atoms with E-state index in [2.05, 4.69) is 25.4 Å². The molecule has 0 radical (unpaired) electrons. The first-order valence-electron chi connectivity index (χ1n) is 7.56. The Balaban J connectivity index is 1.54. The van der Waals surface area contributed by atoms with Gasteiger partial charge in [0.15, 0.2) is 5.15 Å². The monoisotopic (exact) mass is 295 g/mol. The van der Waals surface area contributed by atoms with Gasteiger partial charge in [0.2, 0.25) is 5.95 Å². The van der Waals surface area contributed by atoms with Crippen molar-refractivity contribution in [2.45, 2.75) is 45.1 Å². The van der Waals surface area contributed by atoms with Gasteiger partial charge in [0.05, 0.1) is 5.69 Å². The predicted octanol–water partition coefficient (Wildman–Crippen LogP) is 2.51. The van der Waals surface area contributed by atoms with E-state index in [9.17, 15) is 0 Å². The molecule has 0 aromatic carbocycles. The van der Waals surface area contributed by atoms with Crippen LogP contribution in [-0.4, -0.2) is 45.8 Å². The average Bonchev–Trinajstić information content (AvgIpc) is 2.39. The second kappa shape index (κ2) is 6.22. The normalized spacial score (nSPS) is 24.4. The number of nitrogens with one attached hydrogen (secondary N) is 1. The first-order chi connectivity index (χ1) is 9.70. The molecule has 2 heterocycles. The molecule has 1 N–H and O–H groups in total. The van der Waals surface area contributed by atoms with Gasteiger partial charge >= 0.3 is 0 Å². The summed E-state index contributed by atoms with van der Waals surface area (Å²) in [6, 6.07) is 0.422. The largest absolute Gasteiger partial charge is 0.349 e. The van der Waals surface area contributed by atoms with Crippen molar-refractivity contribution >= 4 is 17.5 Å². The Bertz CT molecular complexity index is 463. The smallest absolute Gasteiger partial charge is 0.243 e. The molecule has 0 unspecified atom stereocenters. The van der Waals surface area contributed by atoms with Crippen molar-refractivity contribution in [3.8, 4) is 0 Å². The van der Waals surface area contributed by atoms with Crippen molar-refractivity contribution in [2.24, 2.45) is 5.92 Å². The van der Waals surface area contributed by atoms with E-state index in [1.807, 2.05) is 6.92 Å². The van der Waals surface area contributed by atoms with Gasteiger partial charge < -0.3 is 10.2 Å². The molecule has 1 aliphatic carbocycles. The Labute approximate surface area is 125 Å². The van der Waals surface area contributed by atoms with Crippen molar-refractivity contribution < 1.29 is 0 Å². The van der Waals surface area contributed by atoms with Crippen LogP contribution in [0.5, 0.6) is 0 Å². The van der Waals surface area contributed by atoms with Crippen molar-refractivity contribution in [3.05, 3.63) is 10.8 Å². The number of rotatable bonds is 4. The maximum Gasteiger partial charge on any atom is 0.243 e. The highest BCUT2D eigenvalue weighted by atomic mass is 35.5. The molecular formula is C14H22ClN5. The summed E-state index contributed by atoms with van der Waals surface area (Å²) in [7, 11) is 0. The molecule has 5 nitrogen and oxygen atoms in total. The molecule has 2 fully saturated rings. The van der Waals surface area contributed by atoms with Gasteiger partial charge in [0.1, 0.15) is 0 Å². The third-order valence-corrected chi connectivity index (χ3v) is 4.73. The fraction of sp³-hybridized carbons (Fsp3) is 0.786. The molecule has 0 bridgehead atoms. The molecule has 3 rings (SSSR count). The van der Waals surface area contributed by atoms with E-state index < -0.39 is 0 Å². The number of aryl methyl sites for hydroxylation is 1. The number of aromatic nitrogens is 3. The number of nitrogens with zero attached hydrogens (tertiary/aromatic N) is 4. The minimum Gasteiger partial charge on any atom is -0.349 e. The van der Waals surface area contributed by atoms with Crippen LogP contribution >= 0.6 is 11.6 Å². The van der Waals surface area contributed by atoms with Crippen LogP contribution in [0.3, 0.4) is 0 Å². The van der Waals surface area contributed by atoms with Crippen molar-refractivity contribution in [3.63, 3.8) is 0 Å². The molecule has 1 atom stereocenters. The number of piperidine rings is 1. The molecule has 2 aliphatic rings. The molecule has 1 saturated heterocycles. The van der Waals surface area contributed by atoms with Gasteiger partial charge in [-0.15, -0.1) is 10.2 Å². The summed E-state index contributed by atoms with van der Waals surface area (Å²) >= 11 is 5.85. The van der Waals surface area contributed by atoms with E-state index in [0.717, 1.165) is 18.2 Å². The van der Waals surface area contributed by atoms with Crippen molar-refractivity contribution in [1.29, 1.82) is 0 Å². The van der Waals surface area contributed by atoms with Gasteiger partial charge in [-0.05, 0) is 45.1 Å². The second-order valence-corrected chi connectivity index (χ2v) is 6.41. The highest BCUT2D eigenvalue weighted by Crippen LogP contribution is 2.28. The van der Waals surface area contributed by atoms with Crippen LogP contribution < -0.4 is 5.32 Å². The molecule has 6 heteroatoms. The summed E-state index contributed by atoms with van der Waals surface area (Å²) in [4.78, 5) is 6.93. The summed E-state index contributed by atoms with van der Waals surface area (Å²) in [6.45, 7) is 5.43. The molecule has 1 aromatic heterocycles. The molecule has 0 spiro atoms. The Hall–Kier alpha value is -0.940. The minimum absolute atomic E-state index is 0.380. The van der Waals surface area contributed by atoms with Crippen LogP contribution in [-0.2, 0) is 0 Å². The van der Waals surface area contributed by atoms with Gasteiger partial charge in [0, 0.05) is 19.1 Å². The van der Waals surface area contributed by atoms with Crippen LogP contribution in [0.2, 0.25) is 5.15 Å². The number of likely N-dealkylation sites (tertiary alicyclic amines) is 1. The number of halogens is 1. The third kappa shape index (κ3) is 3.38. The summed E-state index contributed by atoms with van der Waals surface area (Å²) < 4.78 is 0. The molecular weight excluding hydrogens is 274 g/mol. The Morgan fingerprint density at radius 1 is 1.25 bits per heavy atom. The van der Waals surface area contributed by atoms with Gasteiger partial charge in [0.25, 0.3) is 0 Å². The van der Waals surface area contributed by atoms with E-state index in [1.165, 1.54) is 45.2 Å². The third-order valence-electron chi connectivity index (χ3n) is 4.38. The molecule has 20 heavy (non-hydrogen) atoms. The number of anilines is 1. The topological polar surface area (TPSA) is 53.9 Å². The maximum absolute atomic E-state index is 5.85. The molecule has 1 saturated carbocycles. The van der Waals surface area contributed by atoms with E-state index in [0.29, 0.717) is 17.1 Å². The average molecular weight is 296 g/mol. The quantitative estimate of drug-likeness (QED) is 0.925. The Morgan fingerprint density at radius 3 is 2.80 bits per heavy atom. The first-order valence-corrected chi connectivity index (χ1v) is 7.94. The standard InChI is InChI=1S/C14H22ClN5/c1-10-13(15)18-19-14(16-10)17-12-6-3-7-20(9-12)8-11-4-2-5-11/h11-12H,2-9H2,1H3,(H,16,17,19)/t12-/m1/s1. The summed E-state index contributed by atoms with van der Waals surface area (Å²) in [5.41, 5.74) is 0.728. The molecule has 1 aliphatic heterocycles. The van der Waals surface area contributed by atoms with Crippen molar-refractivity contribution in [1.82, 2.24) is 20.1 Å². The lowest BCUT2D eigenvalue weighted by Gasteiger charge is -2.37. The zero-order valence-electron chi connectivity index (χ0n) is 12.0.